The minimum Gasteiger partial charge on any atom is -0.285 e. The van der Waals surface area contributed by atoms with Gasteiger partial charge in [0.25, 0.3) is 0 Å². The van der Waals surface area contributed by atoms with Crippen molar-refractivity contribution in [3.8, 4) is 34.8 Å². The Morgan fingerprint density at radius 1 is 1.27 bits per heavy atom. The van der Waals surface area contributed by atoms with Crippen molar-refractivity contribution in [1.29, 1.82) is 10.5 Å². The number of nitriles is 2. The molecule has 0 amide bonds. The Balaban J connectivity index is 1.63. The molecule has 4 heterocycles. The van der Waals surface area contributed by atoms with Gasteiger partial charge in [-0.1, -0.05) is 0 Å². The fourth-order valence-electron chi connectivity index (χ4n) is 4.25. The maximum absolute atomic E-state index is 9.32. The highest BCUT2D eigenvalue weighted by Crippen LogP contribution is 2.46. The average Bonchev–Trinajstić information content (AvgIpc) is 3.39. The van der Waals surface area contributed by atoms with Crippen LogP contribution in [0.25, 0.3) is 33.5 Å². The van der Waals surface area contributed by atoms with Crippen molar-refractivity contribution < 1.29 is 0 Å². The second-order valence-corrected chi connectivity index (χ2v) is 7.75. The Hall–Kier alpha value is -4.04. The number of hydrogen-bond acceptors (Lipinski definition) is 6. The van der Waals surface area contributed by atoms with E-state index in [9.17, 15) is 10.5 Å². The summed E-state index contributed by atoms with van der Waals surface area (Å²) in [5, 5.41) is 31.3. The number of H-pyrrole nitrogens is 1. The molecule has 0 unspecified atom stereocenters. The number of aromatic amines is 1. The van der Waals surface area contributed by atoms with E-state index in [1.165, 1.54) is 0 Å². The van der Waals surface area contributed by atoms with Gasteiger partial charge in [-0.25, -0.2) is 4.98 Å². The maximum Gasteiger partial charge on any atom is 0.111 e. The second kappa shape index (κ2) is 6.78. The van der Waals surface area contributed by atoms with E-state index in [1.807, 2.05) is 48.3 Å². The van der Waals surface area contributed by atoms with Gasteiger partial charge in [-0.3, -0.25) is 14.8 Å². The molecule has 1 N–H and O–H groups in total. The van der Waals surface area contributed by atoms with Crippen molar-refractivity contribution in [1.82, 2.24) is 29.9 Å². The molecule has 30 heavy (non-hydrogen) atoms. The predicted molar refractivity (Wildman–Crippen MR) is 110 cm³/mol. The molecule has 0 spiro atoms. The molecule has 0 aliphatic heterocycles. The Bertz CT molecular complexity index is 1330. The van der Waals surface area contributed by atoms with Crippen LogP contribution in [0.2, 0.25) is 0 Å². The van der Waals surface area contributed by atoms with E-state index in [1.54, 1.807) is 6.20 Å². The summed E-state index contributed by atoms with van der Waals surface area (Å²) < 4.78 is 1.85. The van der Waals surface area contributed by atoms with E-state index in [4.69, 9.17) is 10.1 Å². The van der Waals surface area contributed by atoms with Gasteiger partial charge in [-0.05, 0) is 44.0 Å². The van der Waals surface area contributed by atoms with Crippen LogP contribution in [0.3, 0.4) is 0 Å². The molecule has 8 nitrogen and oxygen atoms in total. The van der Waals surface area contributed by atoms with Crippen molar-refractivity contribution in [2.24, 2.45) is 5.92 Å². The number of fused-ring (bicyclic) bond motifs is 1. The summed E-state index contributed by atoms with van der Waals surface area (Å²) in [6, 6.07) is 12.3. The molecule has 0 bridgehead atoms. The number of pyridine rings is 2. The number of aromatic nitrogens is 6. The lowest BCUT2D eigenvalue weighted by atomic mass is 9.67. The first-order valence-corrected chi connectivity index (χ1v) is 9.73. The zero-order valence-electron chi connectivity index (χ0n) is 16.4. The van der Waals surface area contributed by atoms with Crippen molar-refractivity contribution in [2.75, 3.05) is 0 Å². The number of nitrogens with one attached hydrogen (secondary N) is 1. The Morgan fingerprint density at radius 3 is 2.87 bits per heavy atom. The Kier molecular flexibility index (Phi) is 4.07. The van der Waals surface area contributed by atoms with Crippen LogP contribution in [-0.4, -0.2) is 29.9 Å². The topological polar surface area (TPSA) is 120 Å². The van der Waals surface area contributed by atoms with Gasteiger partial charge in [0.15, 0.2) is 0 Å². The molecular formula is C22H18N8. The molecule has 0 aromatic carbocycles. The molecule has 1 aliphatic rings. The zero-order valence-corrected chi connectivity index (χ0v) is 16.4. The fourth-order valence-corrected chi connectivity index (χ4v) is 4.25. The monoisotopic (exact) mass is 394 g/mol. The summed E-state index contributed by atoms with van der Waals surface area (Å²) in [4.78, 5) is 9.41. The minimum absolute atomic E-state index is 0.0263. The standard InChI is InChI=1S/C22H18N8/c1-14-17(13-26-28-14)20-9-19-16(3-2-7-25-19)21(27-20)18-4-8-30(29-18)22(5-6-23)10-15(11-22)12-24/h2-4,7-9,13,15H,5,10-11H2,1H3,(H,26,28)/t15-,22+. The minimum atomic E-state index is -0.416. The van der Waals surface area contributed by atoms with Gasteiger partial charge in [0.05, 0.1) is 46.9 Å². The SMILES string of the molecule is Cc1n[nH]cc1-c1cc2ncccc2c(-c2ccn([C@]3(CC#N)C[C@H](C#N)C3)n2)n1. The summed E-state index contributed by atoms with van der Waals surface area (Å²) in [7, 11) is 0. The first kappa shape index (κ1) is 18.0. The van der Waals surface area contributed by atoms with Crippen molar-refractivity contribution in [3.05, 3.63) is 48.5 Å². The summed E-state index contributed by atoms with van der Waals surface area (Å²) in [5.41, 5.74) is 4.41. The lowest BCUT2D eigenvalue weighted by Gasteiger charge is -2.43. The smallest absolute Gasteiger partial charge is 0.111 e. The Morgan fingerprint density at radius 2 is 2.13 bits per heavy atom. The summed E-state index contributed by atoms with van der Waals surface area (Å²) in [6.07, 6.45) is 7.09. The molecule has 5 rings (SSSR count). The summed E-state index contributed by atoms with van der Waals surface area (Å²) in [5.74, 6) is -0.0263. The molecule has 146 valence electrons. The van der Waals surface area contributed by atoms with Crippen molar-refractivity contribution in [2.45, 2.75) is 31.7 Å². The Labute approximate surface area is 172 Å². The maximum atomic E-state index is 9.32. The fraction of sp³-hybridized carbons (Fsp3) is 0.273. The van der Waals surface area contributed by atoms with Crippen LogP contribution < -0.4 is 0 Å². The van der Waals surface area contributed by atoms with Crippen LogP contribution in [0, 0.1) is 35.5 Å². The molecule has 1 fully saturated rings. The van der Waals surface area contributed by atoms with E-state index in [0.717, 1.165) is 33.5 Å². The highest BCUT2D eigenvalue weighted by molar-refractivity contribution is 5.93. The molecular weight excluding hydrogens is 376 g/mol. The van der Waals surface area contributed by atoms with E-state index in [-0.39, 0.29) is 5.92 Å². The van der Waals surface area contributed by atoms with Gasteiger partial charge in [-0.2, -0.15) is 20.7 Å². The lowest BCUT2D eigenvalue weighted by molar-refractivity contribution is 0.0884. The number of nitrogens with zero attached hydrogens (tertiary/aromatic N) is 7. The number of aryl methyl sites for hydroxylation is 1. The van der Waals surface area contributed by atoms with Gasteiger partial charge in [0.2, 0.25) is 0 Å². The molecule has 0 atom stereocenters. The van der Waals surface area contributed by atoms with E-state index < -0.39 is 5.54 Å². The van der Waals surface area contributed by atoms with Gasteiger partial charge < -0.3 is 0 Å². The normalized spacial score (nSPS) is 20.4. The third kappa shape index (κ3) is 2.73. The highest BCUT2D eigenvalue weighted by atomic mass is 15.3. The highest BCUT2D eigenvalue weighted by Gasteiger charge is 2.46. The van der Waals surface area contributed by atoms with Gasteiger partial charge in [0, 0.05) is 29.5 Å². The number of rotatable bonds is 4. The quantitative estimate of drug-likeness (QED) is 0.563. The predicted octanol–water partition coefficient (Wildman–Crippen LogP) is 3.73. The summed E-state index contributed by atoms with van der Waals surface area (Å²) in [6.45, 7) is 1.93. The van der Waals surface area contributed by atoms with Gasteiger partial charge in [-0.15, -0.1) is 0 Å². The van der Waals surface area contributed by atoms with E-state index >= 15 is 0 Å². The molecule has 1 aliphatic carbocycles. The van der Waals surface area contributed by atoms with E-state index in [2.05, 4.69) is 27.3 Å². The molecule has 4 aromatic heterocycles. The van der Waals surface area contributed by atoms with Crippen LogP contribution in [0.4, 0.5) is 0 Å². The lowest BCUT2D eigenvalue weighted by Crippen LogP contribution is -2.46. The zero-order chi connectivity index (χ0) is 20.7. The van der Waals surface area contributed by atoms with Crippen LogP contribution in [-0.2, 0) is 5.54 Å². The van der Waals surface area contributed by atoms with Crippen LogP contribution in [0.15, 0.2) is 42.9 Å². The molecule has 1 saturated carbocycles. The summed E-state index contributed by atoms with van der Waals surface area (Å²) >= 11 is 0. The van der Waals surface area contributed by atoms with Crippen LogP contribution in [0.5, 0.6) is 0 Å². The molecule has 0 saturated heterocycles. The third-order valence-electron chi connectivity index (χ3n) is 5.87. The molecule has 0 radical (unpaired) electrons. The van der Waals surface area contributed by atoms with Gasteiger partial charge >= 0.3 is 0 Å². The van der Waals surface area contributed by atoms with Crippen LogP contribution in [0.1, 0.15) is 25.0 Å². The first-order chi connectivity index (χ1) is 14.6. The van der Waals surface area contributed by atoms with E-state index in [0.29, 0.717) is 25.0 Å². The van der Waals surface area contributed by atoms with Crippen LogP contribution >= 0.6 is 0 Å². The first-order valence-electron chi connectivity index (χ1n) is 9.73. The average molecular weight is 394 g/mol. The third-order valence-corrected chi connectivity index (χ3v) is 5.87. The number of hydrogen-bond donors (Lipinski definition) is 1. The molecule has 4 aromatic rings. The second-order valence-electron chi connectivity index (χ2n) is 7.75. The van der Waals surface area contributed by atoms with Crippen molar-refractivity contribution in [3.63, 3.8) is 0 Å². The molecule has 8 heteroatoms. The van der Waals surface area contributed by atoms with Gasteiger partial charge in [0.1, 0.15) is 11.4 Å². The van der Waals surface area contributed by atoms with Crippen molar-refractivity contribution >= 4 is 10.9 Å². The largest absolute Gasteiger partial charge is 0.285 e.